The lowest BCUT2D eigenvalue weighted by Gasteiger charge is -2.04. The number of hydrogen-bond donors (Lipinski definition) is 0. The van der Waals surface area contributed by atoms with E-state index in [1.807, 2.05) is 36.4 Å². The smallest absolute Gasteiger partial charge is 0.136 e. The number of aromatic nitrogens is 3. The van der Waals surface area contributed by atoms with Gasteiger partial charge in [0.1, 0.15) is 29.5 Å². The van der Waals surface area contributed by atoms with Crippen LogP contribution in [0.25, 0.3) is 0 Å². The van der Waals surface area contributed by atoms with Gasteiger partial charge in [-0.1, -0.05) is 12.1 Å². The monoisotopic (exact) mass is 295 g/mol. The molecule has 0 aliphatic heterocycles. The molecule has 0 aliphatic carbocycles. The Kier molecular flexibility index (Phi) is 4.44. The summed E-state index contributed by atoms with van der Waals surface area (Å²) >= 11 is 0. The summed E-state index contributed by atoms with van der Waals surface area (Å²) in [4.78, 5) is 13.0. The van der Waals surface area contributed by atoms with Crippen molar-refractivity contribution in [3.8, 4) is 5.75 Å². The lowest BCUT2D eigenvalue weighted by molar-refractivity contribution is 0.414. The molecule has 3 aromatic rings. The van der Waals surface area contributed by atoms with Gasteiger partial charge in [0, 0.05) is 19.3 Å². The lowest BCUT2D eigenvalue weighted by atomic mass is 10.1. The van der Waals surface area contributed by atoms with Crippen LogP contribution in [-0.4, -0.2) is 22.1 Å². The summed E-state index contributed by atoms with van der Waals surface area (Å²) in [6.45, 7) is 0. The van der Waals surface area contributed by atoms with Crippen molar-refractivity contribution in [3.63, 3.8) is 0 Å². The Morgan fingerprint density at radius 3 is 2.55 bits per heavy atom. The third kappa shape index (κ3) is 3.69. The van der Waals surface area contributed by atoms with Gasteiger partial charge in [0.25, 0.3) is 0 Å². The van der Waals surface area contributed by atoms with E-state index in [1.54, 1.807) is 19.7 Å². The van der Waals surface area contributed by atoms with E-state index < -0.39 is 0 Å². The first kappa shape index (κ1) is 14.3. The number of rotatable bonds is 6. The Morgan fingerprint density at radius 2 is 1.82 bits per heavy atom. The highest BCUT2D eigenvalue weighted by Gasteiger charge is 2.05. The van der Waals surface area contributed by atoms with Crippen LogP contribution in [0.5, 0.6) is 5.75 Å². The number of aryl methyl sites for hydroxylation is 2. The van der Waals surface area contributed by atoms with E-state index in [2.05, 4.69) is 15.0 Å². The second-order valence-corrected chi connectivity index (χ2v) is 4.92. The average Bonchev–Trinajstić information content (AvgIpc) is 3.08. The van der Waals surface area contributed by atoms with E-state index >= 15 is 0 Å². The molecule has 5 heteroatoms. The van der Waals surface area contributed by atoms with Crippen LogP contribution < -0.4 is 4.74 Å². The predicted octanol–water partition coefficient (Wildman–Crippen LogP) is 2.85. The van der Waals surface area contributed by atoms with Gasteiger partial charge in [-0.25, -0.2) is 15.0 Å². The van der Waals surface area contributed by atoms with Crippen LogP contribution >= 0.6 is 0 Å². The molecule has 0 aliphatic rings. The molecule has 0 saturated heterocycles. The Bertz CT molecular complexity index is 709. The van der Waals surface area contributed by atoms with Gasteiger partial charge in [-0.3, -0.25) is 0 Å². The number of hydrogen-bond acceptors (Lipinski definition) is 5. The van der Waals surface area contributed by atoms with E-state index in [-0.39, 0.29) is 0 Å². The van der Waals surface area contributed by atoms with Crippen LogP contribution in [0, 0.1) is 0 Å². The van der Waals surface area contributed by atoms with Gasteiger partial charge in [0.2, 0.25) is 0 Å². The van der Waals surface area contributed by atoms with Gasteiger partial charge < -0.3 is 9.15 Å². The lowest BCUT2D eigenvalue weighted by Crippen LogP contribution is -2.04. The molecule has 0 amide bonds. The molecule has 3 rings (SSSR count). The Hall–Kier alpha value is -2.69. The summed E-state index contributed by atoms with van der Waals surface area (Å²) < 4.78 is 10.5. The first-order valence-corrected chi connectivity index (χ1v) is 7.15. The molecular formula is C17H17N3O2. The molecule has 0 N–H and O–H groups in total. The molecular weight excluding hydrogens is 278 g/mol. The van der Waals surface area contributed by atoms with E-state index in [0.717, 1.165) is 41.6 Å². The van der Waals surface area contributed by atoms with Crippen molar-refractivity contribution in [1.82, 2.24) is 15.0 Å². The zero-order valence-electron chi connectivity index (χ0n) is 12.4. The molecule has 0 bridgehead atoms. The van der Waals surface area contributed by atoms with Crippen molar-refractivity contribution < 1.29 is 9.15 Å². The van der Waals surface area contributed by atoms with Crippen LogP contribution in [0.2, 0.25) is 0 Å². The van der Waals surface area contributed by atoms with Gasteiger partial charge in [-0.15, -0.1) is 0 Å². The van der Waals surface area contributed by atoms with Crippen molar-refractivity contribution in [1.29, 1.82) is 0 Å². The molecule has 0 spiro atoms. The second kappa shape index (κ2) is 6.85. The quantitative estimate of drug-likeness (QED) is 0.700. The minimum absolute atomic E-state index is 0.681. The second-order valence-electron chi connectivity index (χ2n) is 4.92. The SMILES string of the molecule is COc1ccc(Cc2ncnc(CCc3ccco3)n2)cc1. The molecule has 0 radical (unpaired) electrons. The van der Waals surface area contributed by atoms with Crippen LogP contribution in [0.15, 0.2) is 53.4 Å². The predicted molar refractivity (Wildman–Crippen MR) is 81.7 cm³/mol. The Balaban J connectivity index is 1.65. The zero-order valence-corrected chi connectivity index (χ0v) is 12.4. The van der Waals surface area contributed by atoms with E-state index in [9.17, 15) is 0 Å². The van der Waals surface area contributed by atoms with Crippen LogP contribution in [0.3, 0.4) is 0 Å². The van der Waals surface area contributed by atoms with Crippen molar-refractivity contribution in [2.75, 3.05) is 7.11 Å². The van der Waals surface area contributed by atoms with Crippen molar-refractivity contribution in [2.45, 2.75) is 19.3 Å². The molecule has 22 heavy (non-hydrogen) atoms. The third-order valence-corrected chi connectivity index (χ3v) is 3.37. The third-order valence-electron chi connectivity index (χ3n) is 3.37. The molecule has 2 heterocycles. The fourth-order valence-corrected chi connectivity index (χ4v) is 2.19. The van der Waals surface area contributed by atoms with Crippen LogP contribution in [0.1, 0.15) is 23.0 Å². The zero-order chi connectivity index (χ0) is 15.2. The summed E-state index contributed by atoms with van der Waals surface area (Å²) in [5.41, 5.74) is 1.14. The molecule has 0 atom stereocenters. The first-order valence-electron chi connectivity index (χ1n) is 7.15. The number of furan rings is 1. The molecule has 1 aromatic carbocycles. The van der Waals surface area contributed by atoms with Crippen molar-refractivity contribution >= 4 is 0 Å². The maximum absolute atomic E-state index is 5.32. The average molecular weight is 295 g/mol. The number of ether oxygens (including phenoxy) is 1. The van der Waals surface area contributed by atoms with Gasteiger partial charge in [0.05, 0.1) is 13.4 Å². The topological polar surface area (TPSA) is 61.0 Å². The van der Waals surface area contributed by atoms with E-state index in [1.165, 1.54) is 0 Å². The fourth-order valence-electron chi connectivity index (χ4n) is 2.19. The number of benzene rings is 1. The number of methoxy groups -OCH3 is 1. The van der Waals surface area contributed by atoms with E-state index in [4.69, 9.17) is 9.15 Å². The molecule has 0 unspecified atom stereocenters. The van der Waals surface area contributed by atoms with Gasteiger partial charge in [-0.2, -0.15) is 0 Å². The molecule has 0 fully saturated rings. The summed E-state index contributed by atoms with van der Waals surface area (Å²) in [6.07, 6.45) is 5.46. The highest BCUT2D eigenvalue weighted by atomic mass is 16.5. The minimum atomic E-state index is 0.681. The Labute approximate surface area is 129 Å². The van der Waals surface area contributed by atoms with Crippen molar-refractivity contribution in [3.05, 3.63) is 72.0 Å². The molecule has 0 saturated carbocycles. The maximum Gasteiger partial charge on any atom is 0.136 e. The highest BCUT2D eigenvalue weighted by Crippen LogP contribution is 2.13. The van der Waals surface area contributed by atoms with E-state index in [0.29, 0.717) is 6.42 Å². The van der Waals surface area contributed by atoms with Gasteiger partial charge >= 0.3 is 0 Å². The van der Waals surface area contributed by atoms with Crippen molar-refractivity contribution in [2.24, 2.45) is 0 Å². The summed E-state index contributed by atoms with van der Waals surface area (Å²) in [5.74, 6) is 3.35. The largest absolute Gasteiger partial charge is 0.497 e. The van der Waals surface area contributed by atoms with Crippen LogP contribution in [0.4, 0.5) is 0 Å². The highest BCUT2D eigenvalue weighted by molar-refractivity contribution is 5.28. The summed E-state index contributed by atoms with van der Waals surface area (Å²) in [6, 6.07) is 11.8. The Morgan fingerprint density at radius 1 is 1.00 bits per heavy atom. The molecule has 112 valence electrons. The normalized spacial score (nSPS) is 10.6. The minimum Gasteiger partial charge on any atom is -0.497 e. The number of nitrogens with zero attached hydrogens (tertiary/aromatic N) is 3. The summed E-state index contributed by atoms with van der Waals surface area (Å²) in [7, 11) is 1.66. The standard InChI is InChI=1S/C17H17N3O2/c1-21-14-6-4-13(5-7-14)11-17-19-12-18-16(20-17)9-8-15-3-2-10-22-15/h2-7,10,12H,8-9,11H2,1H3. The molecule has 5 nitrogen and oxygen atoms in total. The maximum atomic E-state index is 5.32. The van der Waals surface area contributed by atoms with Gasteiger partial charge in [-0.05, 0) is 29.8 Å². The molecule has 2 aromatic heterocycles. The van der Waals surface area contributed by atoms with Crippen LogP contribution in [-0.2, 0) is 19.3 Å². The fraction of sp³-hybridized carbons (Fsp3) is 0.235. The van der Waals surface area contributed by atoms with Gasteiger partial charge in [0.15, 0.2) is 0 Å². The summed E-state index contributed by atoms with van der Waals surface area (Å²) in [5, 5.41) is 0. The first-order chi connectivity index (χ1) is 10.8.